The van der Waals surface area contributed by atoms with Gasteiger partial charge in [0.2, 0.25) is 0 Å². The normalized spacial score (nSPS) is 26.8. The number of nitrogens with two attached hydrogens (primary N) is 1. The third-order valence-electron chi connectivity index (χ3n) is 1.65. The molecule has 1 aliphatic heterocycles. The van der Waals surface area contributed by atoms with E-state index in [4.69, 9.17) is 5.73 Å². The third-order valence-corrected chi connectivity index (χ3v) is 2.32. The van der Waals surface area contributed by atoms with Crippen molar-refractivity contribution in [3.63, 3.8) is 0 Å². The molecule has 1 rings (SSSR count). The van der Waals surface area contributed by atoms with Crippen molar-refractivity contribution in [2.75, 3.05) is 13.4 Å². The standard InChI is InChI=1S/C7H11N3O2S/c1-7(8)4(6(11)12-2)5(13-3)9-10-7/h8H2,1-3H3. The van der Waals surface area contributed by atoms with Gasteiger partial charge in [0.05, 0.1) is 7.11 Å². The molecule has 0 aliphatic carbocycles. The lowest BCUT2D eigenvalue weighted by Gasteiger charge is -2.15. The summed E-state index contributed by atoms with van der Waals surface area (Å²) in [6, 6.07) is 0. The monoisotopic (exact) mass is 201 g/mol. The zero-order valence-electron chi connectivity index (χ0n) is 7.70. The molecule has 0 amide bonds. The molecule has 0 fully saturated rings. The fourth-order valence-corrected chi connectivity index (χ4v) is 1.62. The molecular weight excluding hydrogens is 190 g/mol. The Bertz CT molecular complexity index is 296. The summed E-state index contributed by atoms with van der Waals surface area (Å²) in [5.41, 5.74) is 5.00. The Morgan fingerprint density at radius 2 is 2.31 bits per heavy atom. The van der Waals surface area contributed by atoms with Crippen molar-refractivity contribution in [2.45, 2.75) is 12.6 Å². The predicted octanol–water partition coefficient (Wildman–Crippen LogP) is 0.875. The van der Waals surface area contributed by atoms with E-state index in [1.54, 1.807) is 13.2 Å². The quantitative estimate of drug-likeness (QED) is 0.672. The number of methoxy groups -OCH3 is 1. The number of rotatable bonds is 2. The molecule has 0 aromatic carbocycles. The Kier molecular flexibility index (Phi) is 2.72. The number of hydrogen-bond acceptors (Lipinski definition) is 6. The number of thioether (sulfide) groups is 1. The summed E-state index contributed by atoms with van der Waals surface area (Å²) >= 11 is 1.32. The van der Waals surface area contributed by atoms with Crippen molar-refractivity contribution < 1.29 is 9.53 Å². The van der Waals surface area contributed by atoms with E-state index in [0.29, 0.717) is 10.6 Å². The van der Waals surface area contributed by atoms with E-state index < -0.39 is 11.6 Å². The Hall–Kier alpha value is -0.880. The highest BCUT2D eigenvalue weighted by atomic mass is 32.2. The van der Waals surface area contributed by atoms with Gasteiger partial charge in [-0.3, -0.25) is 0 Å². The zero-order valence-corrected chi connectivity index (χ0v) is 8.51. The van der Waals surface area contributed by atoms with E-state index >= 15 is 0 Å². The van der Waals surface area contributed by atoms with Crippen LogP contribution < -0.4 is 5.73 Å². The van der Waals surface area contributed by atoms with Crippen molar-refractivity contribution in [1.82, 2.24) is 0 Å². The zero-order chi connectivity index (χ0) is 10.1. The maximum absolute atomic E-state index is 11.3. The Morgan fingerprint density at radius 3 is 2.77 bits per heavy atom. The molecule has 1 unspecified atom stereocenters. The second-order valence-corrected chi connectivity index (χ2v) is 3.52. The van der Waals surface area contributed by atoms with Crippen LogP contribution in [0.2, 0.25) is 0 Å². The van der Waals surface area contributed by atoms with Crippen molar-refractivity contribution in [1.29, 1.82) is 0 Å². The van der Waals surface area contributed by atoms with Gasteiger partial charge in [-0.25, -0.2) is 4.79 Å². The average molecular weight is 201 g/mol. The van der Waals surface area contributed by atoms with E-state index in [1.165, 1.54) is 18.9 Å². The molecule has 5 nitrogen and oxygen atoms in total. The van der Waals surface area contributed by atoms with E-state index in [2.05, 4.69) is 15.0 Å². The molecular formula is C7H11N3O2S. The van der Waals surface area contributed by atoms with E-state index in [0.717, 1.165) is 0 Å². The number of carbonyl (C=O) groups excluding carboxylic acids is 1. The van der Waals surface area contributed by atoms with Gasteiger partial charge in [0.15, 0.2) is 5.66 Å². The van der Waals surface area contributed by atoms with Crippen molar-refractivity contribution in [3.8, 4) is 0 Å². The van der Waals surface area contributed by atoms with Gasteiger partial charge in [-0.1, -0.05) is 0 Å². The number of hydrogen-bond donors (Lipinski definition) is 1. The number of nitrogens with zero attached hydrogens (tertiary/aromatic N) is 2. The Labute approximate surface area is 80.4 Å². The van der Waals surface area contributed by atoms with E-state index in [9.17, 15) is 4.79 Å². The van der Waals surface area contributed by atoms with Crippen molar-refractivity contribution in [3.05, 3.63) is 10.6 Å². The van der Waals surface area contributed by atoms with Gasteiger partial charge in [-0.05, 0) is 13.2 Å². The molecule has 0 saturated carbocycles. The molecule has 1 heterocycles. The van der Waals surface area contributed by atoms with Crippen LogP contribution in [0.15, 0.2) is 20.8 Å². The lowest BCUT2D eigenvalue weighted by molar-refractivity contribution is -0.136. The lowest BCUT2D eigenvalue weighted by atomic mass is 10.1. The Balaban J connectivity index is 3.09. The van der Waals surface area contributed by atoms with Crippen LogP contribution in [0.25, 0.3) is 0 Å². The second kappa shape index (κ2) is 3.47. The minimum atomic E-state index is -1.05. The van der Waals surface area contributed by atoms with Crippen LogP contribution in [0.3, 0.4) is 0 Å². The number of ether oxygens (including phenoxy) is 1. The molecule has 0 aromatic rings. The summed E-state index contributed by atoms with van der Waals surface area (Å²) < 4.78 is 4.59. The fraction of sp³-hybridized carbons (Fsp3) is 0.571. The fourth-order valence-electron chi connectivity index (χ4n) is 1.00. The van der Waals surface area contributed by atoms with Crippen molar-refractivity contribution in [2.24, 2.45) is 16.0 Å². The highest BCUT2D eigenvalue weighted by Crippen LogP contribution is 2.33. The molecule has 1 atom stereocenters. The van der Waals surface area contributed by atoms with Crippen molar-refractivity contribution >= 4 is 17.7 Å². The second-order valence-electron chi connectivity index (χ2n) is 2.72. The van der Waals surface area contributed by atoms with Gasteiger partial charge in [-0.2, -0.15) is 5.11 Å². The van der Waals surface area contributed by atoms with Gasteiger partial charge >= 0.3 is 5.97 Å². The maximum Gasteiger partial charge on any atom is 0.340 e. The number of carbonyl (C=O) groups is 1. The summed E-state index contributed by atoms with van der Waals surface area (Å²) in [7, 11) is 1.31. The van der Waals surface area contributed by atoms with Crippen LogP contribution in [0.4, 0.5) is 0 Å². The van der Waals surface area contributed by atoms with Gasteiger partial charge in [-0.15, -0.1) is 16.9 Å². The lowest BCUT2D eigenvalue weighted by Crippen LogP contribution is -2.38. The molecule has 0 saturated heterocycles. The van der Waals surface area contributed by atoms with Crippen LogP contribution in [0, 0.1) is 0 Å². The van der Waals surface area contributed by atoms with Crippen LogP contribution in [0.1, 0.15) is 6.92 Å². The van der Waals surface area contributed by atoms with E-state index in [1.807, 2.05) is 0 Å². The highest BCUT2D eigenvalue weighted by Gasteiger charge is 2.37. The maximum atomic E-state index is 11.3. The first-order valence-electron chi connectivity index (χ1n) is 3.61. The third kappa shape index (κ3) is 1.73. The molecule has 0 aromatic heterocycles. The molecule has 0 spiro atoms. The van der Waals surface area contributed by atoms with Crippen LogP contribution in [0.5, 0.6) is 0 Å². The van der Waals surface area contributed by atoms with Gasteiger partial charge in [0, 0.05) is 0 Å². The van der Waals surface area contributed by atoms with Gasteiger partial charge in [0.1, 0.15) is 10.6 Å². The largest absolute Gasteiger partial charge is 0.465 e. The van der Waals surface area contributed by atoms with E-state index in [-0.39, 0.29) is 0 Å². The number of esters is 1. The summed E-state index contributed by atoms with van der Waals surface area (Å²) in [5, 5.41) is 8.10. The Morgan fingerprint density at radius 1 is 1.69 bits per heavy atom. The predicted molar refractivity (Wildman–Crippen MR) is 50.0 cm³/mol. The molecule has 0 bridgehead atoms. The topological polar surface area (TPSA) is 77.0 Å². The van der Waals surface area contributed by atoms with Crippen LogP contribution in [-0.2, 0) is 9.53 Å². The first-order chi connectivity index (χ1) is 6.03. The first kappa shape index (κ1) is 10.2. The van der Waals surface area contributed by atoms with Gasteiger partial charge < -0.3 is 10.5 Å². The average Bonchev–Trinajstić information content (AvgIpc) is 2.39. The first-order valence-corrected chi connectivity index (χ1v) is 4.84. The molecule has 6 heteroatoms. The molecule has 2 N–H and O–H groups in total. The van der Waals surface area contributed by atoms with Gasteiger partial charge in [0.25, 0.3) is 0 Å². The summed E-state index contributed by atoms with van der Waals surface area (Å²) in [6.45, 7) is 1.62. The summed E-state index contributed by atoms with van der Waals surface area (Å²) in [4.78, 5) is 11.3. The van der Waals surface area contributed by atoms with Crippen LogP contribution >= 0.6 is 11.8 Å². The van der Waals surface area contributed by atoms with Crippen LogP contribution in [-0.4, -0.2) is 25.0 Å². The summed E-state index contributed by atoms with van der Waals surface area (Å²) in [6.07, 6.45) is 1.80. The molecule has 1 aliphatic rings. The minimum absolute atomic E-state index is 0.322. The summed E-state index contributed by atoms with van der Waals surface area (Å²) in [5.74, 6) is -0.473. The minimum Gasteiger partial charge on any atom is -0.465 e. The molecule has 0 radical (unpaired) electrons. The SMILES string of the molecule is COC(=O)C1=C(SC)N=NC1(C)N. The molecule has 13 heavy (non-hydrogen) atoms. The highest BCUT2D eigenvalue weighted by molar-refractivity contribution is 8.02. The number of azo groups is 1. The smallest absolute Gasteiger partial charge is 0.340 e. The molecule has 72 valence electrons.